The second-order valence-corrected chi connectivity index (χ2v) is 5.96. The molecule has 0 unspecified atom stereocenters. The van der Waals surface area contributed by atoms with Crippen molar-refractivity contribution in [1.82, 2.24) is 10.2 Å². The van der Waals surface area contributed by atoms with Gasteiger partial charge in [0.05, 0.1) is 6.04 Å². The van der Waals surface area contributed by atoms with Gasteiger partial charge in [-0.05, 0) is 31.9 Å². The van der Waals surface area contributed by atoms with E-state index in [2.05, 4.69) is 10.2 Å². The molecule has 0 saturated carbocycles. The van der Waals surface area contributed by atoms with Gasteiger partial charge in [-0.3, -0.25) is 15.1 Å². The van der Waals surface area contributed by atoms with Gasteiger partial charge < -0.3 is 16.8 Å². The van der Waals surface area contributed by atoms with Crippen molar-refractivity contribution in [3.63, 3.8) is 0 Å². The highest BCUT2D eigenvalue weighted by atomic mass is 35.5. The predicted octanol–water partition coefficient (Wildman–Crippen LogP) is 0.820. The van der Waals surface area contributed by atoms with E-state index >= 15 is 0 Å². The molecule has 0 radical (unpaired) electrons. The number of nitrogens with zero attached hydrogens (tertiary/aromatic N) is 1. The first-order valence-electron chi connectivity index (χ1n) is 7.68. The maximum Gasteiger partial charge on any atom is 0.237 e. The van der Waals surface area contributed by atoms with Gasteiger partial charge in [0.15, 0.2) is 0 Å². The standard InChI is InChI=1S/C16H25N5O.ClH/c1-11(17)10-21-8-2-3-14(21)16(22)20-9-12-4-6-13(7-5-12)15(18)19;/h4-7,11,14H,2-3,8-10,17H2,1H3,(H3,18,19)(H,20,22);1H/t11-,14+;/m1./s1. The summed E-state index contributed by atoms with van der Waals surface area (Å²) in [6.45, 7) is 4.14. The van der Waals surface area contributed by atoms with E-state index in [0.29, 0.717) is 12.1 Å². The molecule has 7 heteroatoms. The van der Waals surface area contributed by atoms with Crippen LogP contribution in [0.25, 0.3) is 0 Å². The summed E-state index contributed by atoms with van der Waals surface area (Å²) in [6.07, 6.45) is 1.93. The number of carbonyl (C=O) groups is 1. The van der Waals surface area contributed by atoms with Crippen molar-refractivity contribution in [2.45, 2.75) is 38.4 Å². The zero-order valence-electron chi connectivity index (χ0n) is 13.4. The van der Waals surface area contributed by atoms with Crippen molar-refractivity contribution in [3.05, 3.63) is 35.4 Å². The smallest absolute Gasteiger partial charge is 0.237 e. The van der Waals surface area contributed by atoms with Crippen LogP contribution in [0.4, 0.5) is 0 Å². The first-order chi connectivity index (χ1) is 10.5. The van der Waals surface area contributed by atoms with Crippen molar-refractivity contribution in [1.29, 1.82) is 5.41 Å². The van der Waals surface area contributed by atoms with Gasteiger partial charge in [0.25, 0.3) is 0 Å². The minimum Gasteiger partial charge on any atom is -0.384 e. The van der Waals surface area contributed by atoms with Crippen molar-refractivity contribution in [2.24, 2.45) is 11.5 Å². The topological polar surface area (TPSA) is 108 Å². The second-order valence-electron chi connectivity index (χ2n) is 5.96. The van der Waals surface area contributed by atoms with Crippen molar-refractivity contribution >= 4 is 24.1 Å². The van der Waals surface area contributed by atoms with Gasteiger partial charge in [0, 0.05) is 24.7 Å². The molecule has 2 rings (SSSR count). The molecule has 6 nitrogen and oxygen atoms in total. The van der Waals surface area contributed by atoms with E-state index in [1.165, 1.54) is 0 Å². The van der Waals surface area contributed by atoms with Crippen LogP contribution in [-0.2, 0) is 11.3 Å². The Kier molecular flexibility index (Phi) is 7.48. The molecule has 1 aliphatic rings. The van der Waals surface area contributed by atoms with Gasteiger partial charge in [-0.2, -0.15) is 0 Å². The maximum atomic E-state index is 12.3. The lowest BCUT2D eigenvalue weighted by Crippen LogP contribution is -2.46. The number of nitrogens with one attached hydrogen (secondary N) is 2. The summed E-state index contributed by atoms with van der Waals surface area (Å²) >= 11 is 0. The monoisotopic (exact) mass is 339 g/mol. The molecule has 1 aromatic rings. The molecule has 0 aromatic heterocycles. The Hall–Kier alpha value is -1.63. The average molecular weight is 340 g/mol. The lowest BCUT2D eigenvalue weighted by Gasteiger charge is -2.25. The van der Waals surface area contributed by atoms with E-state index in [1.807, 2.05) is 19.1 Å². The van der Waals surface area contributed by atoms with E-state index in [4.69, 9.17) is 16.9 Å². The molecule has 128 valence electrons. The number of likely N-dealkylation sites (tertiary alicyclic amines) is 1. The number of hydrogen-bond donors (Lipinski definition) is 4. The van der Waals surface area contributed by atoms with Crippen LogP contribution in [0.15, 0.2) is 24.3 Å². The Morgan fingerprint density at radius 1 is 1.43 bits per heavy atom. The number of benzene rings is 1. The highest BCUT2D eigenvalue weighted by molar-refractivity contribution is 5.94. The molecular weight excluding hydrogens is 314 g/mol. The molecule has 1 amide bonds. The predicted molar refractivity (Wildman–Crippen MR) is 94.8 cm³/mol. The van der Waals surface area contributed by atoms with Crippen LogP contribution in [-0.4, -0.2) is 41.8 Å². The van der Waals surface area contributed by atoms with Crippen molar-refractivity contribution < 1.29 is 4.79 Å². The fourth-order valence-corrected chi connectivity index (χ4v) is 2.82. The maximum absolute atomic E-state index is 12.3. The molecule has 0 bridgehead atoms. The van der Waals surface area contributed by atoms with Crippen LogP contribution >= 0.6 is 12.4 Å². The van der Waals surface area contributed by atoms with E-state index in [0.717, 1.165) is 31.5 Å². The number of nitrogens with two attached hydrogens (primary N) is 2. The molecule has 1 heterocycles. The molecule has 1 fully saturated rings. The fraction of sp³-hybridized carbons (Fsp3) is 0.500. The van der Waals surface area contributed by atoms with E-state index < -0.39 is 0 Å². The fourth-order valence-electron chi connectivity index (χ4n) is 2.82. The summed E-state index contributed by atoms with van der Waals surface area (Å²) in [5, 5.41) is 10.3. The summed E-state index contributed by atoms with van der Waals surface area (Å²) in [7, 11) is 0. The third-order valence-electron chi connectivity index (χ3n) is 3.92. The minimum absolute atomic E-state index is 0. The van der Waals surface area contributed by atoms with E-state index in [-0.39, 0.29) is 36.2 Å². The largest absolute Gasteiger partial charge is 0.384 e. The Labute approximate surface area is 143 Å². The highest BCUT2D eigenvalue weighted by Gasteiger charge is 2.30. The lowest BCUT2D eigenvalue weighted by molar-refractivity contribution is -0.125. The third kappa shape index (κ3) is 5.49. The zero-order valence-corrected chi connectivity index (χ0v) is 14.2. The first-order valence-corrected chi connectivity index (χ1v) is 7.68. The van der Waals surface area contributed by atoms with Crippen LogP contribution in [0.5, 0.6) is 0 Å². The quantitative estimate of drug-likeness (QED) is 0.454. The van der Waals surface area contributed by atoms with E-state index in [1.54, 1.807) is 12.1 Å². The number of nitrogen functional groups attached to an aromatic ring is 1. The molecule has 1 aromatic carbocycles. The normalized spacial score (nSPS) is 19.0. The molecular formula is C16H26ClN5O. The Balaban J connectivity index is 0.00000264. The molecule has 2 atom stereocenters. The summed E-state index contributed by atoms with van der Waals surface area (Å²) in [5.74, 6) is 0.113. The molecule has 0 aliphatic carbocycles. The van der Waals surface area contributed by atoms with Gasteiger partial charge in [0.2, 0.25) is 5.91 Å². The van der Waals surface area contributed by atoms with Crippen molar-refractivity contribution in [2.75, 3.05) is 13.1 Å². The van der Waals surface area contributed by atoms with Gasteiger partial charge >= 0.3 is 0 Å². The molecule has 0 spiro atoms. The second kappa shape index (κ2) is 8.86. The van der Waals surface area contributed by atoms with Crippen LogP contribution < -0.4 is 16.8 Å². The number of hydrogen-bond acceptors (Lipinski definition) is 4. The Bertz CT molecular complexity index is 532. The van der Waals surface area contributed by atoms with Crippen LogP contribution in [0.3, 0.4) is 0 Å². The summed E-state index contributed by atoms with van der Waals surface area (Å²) in [4.78, 5) is 14.5. The number of amidine groups is 1. The van der Waals surface area contributed by atoms with Gasteiger partial charge in [-0.25, -0.2) is 0 Å². The van der Waals surface area contributed by atoms with Gasteiger partial charge in [0.1, 0.15) is 5.84 Å². The van der Waals surface area contributed by atoms with Gasteiger partial charge in [-0.1, -0.05) is 24.3 Å². The number of rotatable bonds is 6. The number of amides is 1. The first kappa shape index (κ1) is 19.4. The summed E-state index contributed by atoms with van der Waals surface area (Å²) in [6, 6.07) is 7.36. The van der Waals surface area contributed by atoms with Crippen LogP contribution in [0, 0.1) is 5.41 Å². The third-order valence-corrected chi connectivity index (χ3v) is 3.92. The highest BCUT2D eigenvalue weighted by Crippen LogP contribution is 2.17. The van der Waals surface area contributed by atoms with Crippen LogP contribution in [0.2, 0.25) is 0 Å². The average Bonchev–Trinajstić information content (AvgIpc) is 2.92. The van der Waals surface area contributed by atoms with Gasteiger partial charge in [-0.15, -0.1) is 12.4 Å². The minimum atomic E-state index is -0.0671. The molecule has 23 heavy (non-hydrogen) atoms. The zero-order chi connectivity index (χ0) is 16.1. The molecule has 6 N–H and O–H groups in total. The summed E-state index contributed by atoms with van der Waals surface area (Å²) in [5.41, 5.74) is 12.9. The number of carbonyl (C=O) groups excluding carboxylic acids is 1. The number of halogens is 1. The van der Waals surface area contributed by atoms with Crippen molar-refractivity contribution in [3.8, 4) is 0 Å². The SMILES string of the molecule is C[C@@H](N)CN1CCC[C@H]1C(=O)NCc1ccc(C(=N)N)cc1.Cl. The lowest BCUT2D eigenvalue weighted by atomic mass is 10.1. The summed E-state index contributed by atoms with van der Waals surface area (Å²) < 4.78 is 0. The van der Waals surface area contributed by atoms with E-state index in [9.17, 15) is 4.79 Å². The Morgan fingerprint density at radius 3 is 2.65 bits per heavy atom. The van der Waals surface area contributed by atoms with Crippen LogP contribution in [0.1, 0.15) is 30.9 Å². The Morgan fingerprint density at radius 2 is 2.09 bits per heavy atom. The molecule has 1 saturated heterocycles. The molecule has 1 aliphatic heterocycles.